The third kappa shape index (κ3) is 3.70. The van der Waals surface area contributed by atoms with Gasteiger partial charge in [-0.25, -0.2) is 0 Å². The van der Waals surface area contributed by atoms with Crippen LogP contribution in [0.5, 0.6) is 5.75 Å². The zero-order chi connectivity index (χ0) is 15.1. The minimum atomic E-state index is -0.422. The van der Waals surface area contributed by atoms with Gasteiger partial charge in [-0.15, -0.1) is 0 Å². The molecule has 0 aliphatic carbocycles. The molecule has 106 valence electrons. The number of nitrogens with zero attached hydrogens (tertiary/aromatic N) is 1. The summed E-state index contributed by atoms with van der Waals surface area (Å²) in [6.45, 7) is 2.51. The van der Waals surface area contributed by atoms with Crippen LogP contribution in [0.4, 0.5) is 0 Å². The number of ketones is 1. The van der Waals surface area contributed by atoms with Crippen molar-refractivity contribution in [3.05, 3.63) is 65.7 Å². The standard InChI is InChI=1S/C18H17NO2/c1-2-21-16-10-8-15(9-11-16)18(20)17(12-13-19)14-6-4-3-5-7-14/h3-11,17H,2,12H2,1H3. The van der Waals surface area contributed by atoms with Crippen LogP contribution in [-0.2, 0) is 0 Å². The van der Waals surface area contributed by atoms with Crippen molar-refractivity contribution in [3.63, 3.8) is 0 Å². The number of nitriles is 1. The Bertz CT molecular complexity index is 627. The first-order chi connectivity index (χ1) is 10.3. The van der Waals surface area contributed by atoms with Gasteiger partial charge in [0.1, 0.15) is 5.75 Å². The minimum absolute atomic E-state index is 0.0363. The van der Waals surface area contributed by atoms with Gasteiger partial charge in [-0.2, -0.15) is 5.26 Å². The van der Waals surface area contributed by atoms with Crippen LogP contribution in [-0.4, -0.2) is 12.4 Å². The molecule has 0 aliphatic heterocycles. The van der Waals surface area contributed by atoms with Gasteiger partial charge >= 0.3 is 0 Å². The van der Waals surface area contributed by atoms with Gasteiger partial charge in [-0.1, -0.05) is 30.3 Å². The molecule has 0 fully saturated rings. The zero-order valence-electron chi connectivity index (χ0n) is 12.0. The van der Waals surface area contributed by atoms with E-state index in [0.29, 0.717) is 12.2 Å². The average molecular weight is 279 g/mol. The molecule has 0 N–H and O–H groups in total. The Hall–Kier alpha value is -2.60. The molecule has 2 rings (SSSR count). The quantitative estimate of drug-likeness (QED) is 0.752. The van der Waals surface area contributed by atoms with Crippen LogP contribution < -0.4 is 4.74 Å². The summed E-state index contributed by atoms with van der Waals surface area (Å²) in [5.41, 5.74) is 1.47. The Balaban J connectivity index is 2.24. The predicted octanol–water partition coefficient (Wildman–Crippen LogP) is 3.97. The molecule has 0 radical (unpaired) electrons. The molecule has 0 heterocycles. The van der Waals surface area contributed by atoms with Gasteiger partial charge in [0.25, 0.3) is 0 Å². The molecule has 1 unspecified atom stereocenters. The maximum atomic E-state index is 12.6. The summed E-state index contributed by atoms with van der Waals surface area (Å²) in [5, 5.41) is 8.99. The molecule has 2 aromatic rings. The van der Waals surface area contributed by atoms with Crippen molar-refractivity contribution in [2.24, 2.45) is 0 Å². The molecule has 0 aromatic heterocycles. The number of Topliss-reactive ketones (excluding diaryl/α,β-unsaturated/α-hetero) is 1. The fourth-order valence-electron chi connectivity index (χ4n) is 2.22. The van der Waals surface area contributed by atoms with Crippen LogP contribution in [0.2, 0.25) is 0 Å². The lowest BCUT2D eigenvalue weighted by atomic mass is 9.88. The van der Waals surface area contributed by atoms with Crippen molar-refractivity contribution in [2.75, 3.05) is 6.61 Å². The van der Waals surface area contributed by atoms with Gasteiger partial charge in [0.2, 0.25) is 0 Å². The van der Waals surface area contributed by atoms with Gasteiger partial charge < -0.3 is 4.74 Å². The Morgan fingerprint density at radius 3 is 2.38 bits per heavy atom. The predicted molar refractivity (Wildman–Crippen MR) is 81.4 cm³/mol. The molecule has 2 aromatic carbocycles. The summed E-state index contributed by atoms with van der Waals surface area (Å²) in [5.74, 6) is 0.283. The lowest BCUT2D eigenvalue weighted by molar-refractivity contribution is 0.0960. The fourth-order valence-corrected chi connectivity index (χ4v) is 2.22. The van der Waals surface area contributed by atoms with E-state index in [2.05, 4.69) is 6.07 Å². The number of hydrogen-bond acceptors (Lipinski definition) is 3. The maximum Gasteiger partial charge on any atom is 0.171 e. The van der Waals surface area contributed by atoms with E-state index in [9.17, 15) is 4.79 Å². The molecule has 0 spiro atoms. The number of benzene rings is 2. The van der Waals surface area contributed by atoms with E-state index >= 15 is 0 Å². The van der Waals surface area contributed by atoms with Crippen molar-refractivity contribution in [1.29, 1.82) is 5.26 Å². The molecule has 21 heavy (non-hydrogen) atoms. The van der Waals surface area contributed by atoms with E-state index in [1.807, 2.05) is 37.3 Å². The second kappa shape index (κ2) is 7.25. The Kier molecular flexibility index (Phi) is 5.11. The Morgan fingerprint density at radius 1 is 1.14 bits per heavy atom. The highest BCUT2D eigenvalue weighted by atomic mass is 16.5. The van der Waals surface area contributed by atoms with Crippen LogP contribution in [0.25, 0.3) is 0 Å². The van der Waals surface area contributed by atoms with Crippen molar-refractivity contribution in [2.45, 2.75) is 19.3 Å². The van der Waals surface area contributed by atoms with Crippen molar-refractivity contribution in [3.8, 4) is 11.8 Å². The van der Waals surface area contributed by atoms with E-state index < -0.39 is 5.92 Å². The van der Waals surface area contributed by atoms with Crippen LogP contribution in [0.15, 0.2) is 54.6 Å². The van der Waals surface area contributed by atoms with E-state index in [0.717, 1.165) is 11.3 Å². The summed E-state index contributed by atoms with van der Waals surface area (Å²) in [4.78, 5) is 12.6. The fraction of sp³-hybridized carbons (Fsp3) is 0.222. The number of hydrogen-bond donors (Lipinski definition) is 0. The monoisotopic (exact) mass is 279 g/mol. The van der Waals surface area contributed by atoms with E-state index in [1.54, 1.807) is 24.3 Å². The SMILES string of the molecule is CCOc1ccc(C(=O)C(CC#N)c2ccccc2)cc1. The van der Waals surface area contributed by atoms with Crippen LogP contribution >= 0.6 is 0 Å². The van der Waals surface area contributed by atoms with E-state index in [4.69, 9.17) is 10.00 Å². The summed E-state index contributed by atoms with van der Waals surface area (Å²) >= 11 is 0. The molecule has 0 saturated heterocycles. The van der Waals surface area contributed by atoms with Gasteiger partial charge in [0.05, 0.1) is 18.6 Å². The highest BCUT2D eigenvalue weighted by Gasteiger charge is 2.21. The first-order valence-corrected chi connectivity index (χ1v) is 6.95. The second-order valence-electron chi connectivity index (χ2n) is 4.65. The van der Waals surface area contributed by atoms with Gasteiger partial charge in [-0.3, -0.25) is 4.79 Å². The molecular weight excluding hydrogens is 262 g/mol. The molecule has 0 aliphatic rings. The van der Waals surface area contributed by atoms with Crippen LogP contribution in [0, 0.1) is 11.3 Å². The van der Waals surface area contributed by atoms with Crippen LogP contribution in [0.1, 0.15) is 35.2 Å². The number of carbonyl (C=O) groups is 1. The summed E-state index contributed by atoms with van der Waals surface area (Å²) < 4.78 is 5.37. The van der Waals surface area contributed by atoms with Crippen molar-refractivity contribution < 1.29 is 9.53 Å². The van der Waals surface area contributed by atoms with Gasteiger partial charge in [0.15, 0.2) is 5.78 Å². The van der Waals surface area contributed by atoms with Crippen molar-refractivity contribution >= 4 is 5.78 Å². The molecule has 0 saturated carbocycles. The smallest absolute Gasteiger partial charge is 0.171 e. The number of ether oxygens (including phenoxy) is 1. The van der Waals surface area contributed by atoms with Crippen molar-refractivity contribution in [1.82, 2.24) is 0 Å². The molecule has 1 atom stereocenters. The molecule has 3 heteroatoms. The number of carbonyl (C=O) groups excluding carboxylic acids is 1. The lowest BCUT2D eigenvalue weighted by Crippen LogP contribution is -2.12. The number of rotatable bonds is 6. The first-order valence-electron chi connectivity index (χ1n) is 6.95. The lowest BCUT2D eigenvalue weighted by Gasteiger charge is -2.13. The van der Waals surface area contributed by atoms with Gasteiger partial charge in [-0.05, 0) is 36.8 Å². The molecule has 3 nitrogen and oxygen atoms in total. The Labute approximate surface area is 124 Å². The summed E-state index contributed by atoms with van der Waals surface area (Å²) in [6.07, 6.45) is 0.177. The third-order valence-electron chi connectivity index (χ3n) is 3.26. The minimum Gasteiger partial charge on any atom is -0.494 e. The summed E-state index contributed by atoms with van der Waals surface area (Å²) in [7, 11) is 0. The maximum absolute atomic E-state index is 12.6. The highest BCUT2D eigenvalue weighted by molar-refractivity contribution is 6.01. The third-order valence-corrected chi connectivity index (χ3v) is 3.26. The summed E-state index contributed by atoms with van der Waals surface area (Å²) in [6, 6.07) is 18.6. The molecule has 0 amide bonds. The molecular formula is C18H17NO2. The second-order valence-corrected chi connectivity index (χ2v) is 4.65. The topological polar surface area (TPSA) is 50.1 Å². The average Bonchev–Trinajstić information content (AvgIpc) is 2.54. The first kappa shape index (κ1) is 14.8. The van der Waals surface area contributed by atoms with Crippen LogP contribution in [0.3, 0.4) is 0 Å². The Morgan fingerprint density at radius 2 is 1.81 bits per heavy atom. The van der Waals surface area contributed by atoms with Gasteiger partial charge in [0, 0.05) is 12.0 Å². The van der Waals surface area contributed by atoms with E-state index in [-0.39, 0.29) is 12.2 Å². The van der Waals surface area contributed by atoms with E-state index in [1.165, 1.54) is 0 Å². The largest absolute Gasteiger partial charge is 0.494 e. The normalized spacial score (nSPS) is 11.4. The highest BCUT2D eigenvalue weighted by Crippen LogP contribution is 2.25. The zero-order valence-corrected chi connectivity index (χ0v) is 12.0. The molecule has 0 bridgehead atoms.